The van der Waals surface area contributed by atoms with Crippen molar-refractivity contribution in [1.82, 2.24) is 0 Å². The molecule has 1 aliphatic rings. The second-order valence-electron chi connectivity index (χ2n) is 5.82. The molecule has 1 aliphatic heterocycles. The van der Waals surface area contributed by atoms with Crippen LogP contribution >= 0.6 is 11.8 Å². The van der Waals surface area contributed by atoms with E-state index < -0.39 is 0 Å². The second kappa shape index (κ2) is 5.63. The molecule has 1 nitrogen and oxygen atoms in total. The Hall–Kier alpha value is -1.25. The predicted octanol–water partition coefficient (Wildman–Crippen LogP) is 4.53. The number of nitrogens with two attached hydrogens (primary N) is 1. The summed E-state index contributed by atoms with van der Waals surface area (Å²) >= 11 is 1.92. The van der Waals surface area contributed by atoms with Crippen LogP contribution in [0.2, 0.25) is 0 Å². The number of fused-ring (bicyclic) bond motifs is 1. The molecular weight excluding hydrogens is 262 g/mol. The van der Waals surface area contributed by atoms with Crippen molar-refractivity contribution in [2.75, 3.05) is 0 Å². The number of hydrogen-bond donors (Lipinski definition) is 1. The van der Waals surface area contributed by atoms with E-state index in [9.17, 15) is 0 Å². The molecule has 2 N–H and O–H groups in total. The molecule has 0 saturated heterocycles. The van der Waals surface area contributed by atoms with Crippen LogP contribution < -0.4 is 5.73 Å². The highest BCUT2D eigenvalue weighted by atomic mass is 32.2. The maximum absolute atomic E-state index is 6.49. The summed E-state index contributed by atoms with van der Waals surface area (Å²) in [4.78, 5) is 1.40. The summed E-state index contributed by atoms with van der Waals surface area (Å²) in [5.74, 6) is 0.574. The zero-order chi connectivity index (χ0) is 14.1. The van der Waals surface area contributed by atoms with Gasteiger partial charge in [0.1, 0.15) is 0 Å². The van der Waals surface area contributed by atoms with Gasteiger partial charge >= 0.3 is 0 Å². The molecule has 3 rings (SSSR count). The van der Waals surface area contributed by atoms with Gasteiger partial charge in [-0.3, -0.25) is 0 Å². The Morgan fingerprint density at radius 1 is 1.00 bits per heavy atom. The molecule has 0 bridgehead atoms. The highest BCUT2D eigenvalue weighted by Gasteiger charge is 2.27. The fraction of sp³-hybridized carbons (Fsp3) is 0.333. The minimum absolute atomic E-state index is 0.105. The molecule has 2 atom stereocenters. The fourth-order valence-corrected chi connectivity index (χ4v) is 4.08. The van der Waals surface area contributed by atoms with Crippen LogP contribution in [-0.2, 0) is 6.42 Å². The molecule has 0 saturated carbocycles. The fourth-order valence-electron chi connectivity index (χ4n) is 2.73. The van der Waals surface area contributed by atoms with E-state index in [0.29, 0.717) is 11.2 Å². The summed E-state index contributed by atoms with van der Waals surface area (Å²) in [5, 5.41) is 0.456. The Morgan fingerprint density at radius 2 is 1.65 bits per heavy atom. The Kier molecular flexibility index (Phi) is 3.86. The highest BCUT2D eigenvalue weighted by molar-refractivity contribution is 8.00. The summed E-state index contributed by atoms with van der Waals surface area (Å²) in [7, 11) is 0. The molecule has 20 heavy (non-hydrogen) atoms. The molecule has 0 spiro atoms. The van der Waals surface area contributed by atoms with Gasteiger partial charge in [0.25, 0.3) is 0 Å². The van der Waals surface area contributed by atoms with Crippen molar-refractivity contribution in [3.8, 4) is 0 Å². The maximum atomic E-state index is 6.49. The zero-order valence-electron chi connectivity index (χ0n) is 12.0. The normalized spacial score (nSPS) is 19.1. The van der Waals surface area contributed by atoms with Crippen LogP contribution in [0.15, 0.2) is 53.4 Å². The third-order valence-electron chi connectivity index (χ3n) is 4.06. The molecule has 1 heterocycles. The summed E-state index contributed by atoms with van der Waals surface area (Å²) in [6.45, 7) is 4.44. The largest absolute Gasteiger partial charge is 0.323 e. The van der Waals surface area contributed by atoms with Crippen molar-refractivity contribution in [2.24, 2.45) is 5.73 Å². The monoisotopic (exact) mass is 283 g/mol. The van der Waals surface area contributed by atoms with Gasteiger partial charge < -0.3 is 5.73 Å². The van der Waals surface area contributed by atoms with Gasteiger partial charge in [-0.15, -0.1) is 11.8 Å². The molecule has 2 aromatic carbocycles. The molecule has 104 valence electrons. The first kappa shape index (κ1) is 13.7. The van der Waals surface area contributed by atoms with Gasteiger partial charge in [0.15, 0.2) is 0 Å². The predicted molar refractivity (Wildman–Crippen MR) is 87.3 cm³/mol. The van der Waals surface area contributed by atoms with Gasteiger partial charge in [0.2, 0.25) is 0 Å². The molecule has 2 heteroatoms. The first-order valence-electron chi connectivity index (χ1n) is 7.25. The maximum Gasteiger partial charge on any atom is 0.0422 e. The summed E-state index contributed by atoms with van der Waals surface area (Å²) in [6.07, 6.45) is 1.08. The van der Waals surface area contributed by atoms with Gasteiger partial charge in [-0.25, -0.2) is 0 Å². The molecule has 0 fully saturated rings. The van der Waals surface area contributed by atoms with Crippen molar-refractivity contribution >= 4 is 11.8 Å². The van der Waals surface area contributed by atoms with Crippen molar-refractivity contribution in [3.05, 3.63) is 65.2 Å². The minimum Gasteiger partial charge on any atom is -0.323 e. The Labute approximate surface area is 125 Å². The second-order valence-corrected chi connectivity index (χ2v) is 7.10. The van der Waals surface area contributed by atoms with Crippen LogP contribution in [0.1, 0.15) is 42.5 Å². The third kappa shape index (κ3) is 2.63. The summed E-state index contributed by atoms with van der Waals surface area (Å²) in [5.41, 5.74) is 10.6. The summed E-state index contributed by atoms with van der Waals surface area (Å²) in [6, 6.07) is 17.6. The van der Waals surface area contributed by atoms with E-state index in [1.807, 2.05) is 11.8 Å². The Bertz CT molecular complexity index is 564. The van der Waals surface area contributed by atoms with Crippen LogP contribution in [0.5, 0.6) is 0 Å². The van der Waals surface area contributed by atoms with Crippen LogP contribution in [0.3, 0.4) is 0 Å². The highest BCUT2D eigenvalue weighted by Crippen LogP contribution is 2.41. The van der Waals surface area contributed by atoms with Gasteiger partial charge in [-0.2, -0.15) is 0 Å². The smallest absolute Gasteiger partial charge is 0.0422 e. The van der Waals surface area contributed by atoms with Crippen molar-refractivity contribution in [3.63, 3.8) is 0 Å². The third-order valence-corrected chi connectivity index (χ3v) is 5.48. The lowest BCUT2D eigenvalue weighted by Crippen LogP contribution is -2.23. The molecule has 2 unspecified atom stereocenters. The van der Waals surface area contributed by atoms with Crippen molar-refractivity contribution in [1.29, 1.82) is 0 Å². The average Bonchev–Trinajstić information content (AvgIpc) is 2.90. The lowest BCUT2D eigenvalue weighted by Gasteiger charge is -2.19. The van der Waals surface area contributed by atoms with E-state index in [0.717, 1.165) is 6.42 Å². The number of rotatable bonds is 3. The van der Waals surface area contributed by atoms with Gasteiger partial charge in [0.05, 0.1) is 0 Å². The number of hydrogen-bond acceptors (Lipinski definition) is 2. The van der Waals surface area contributed by atoms with E-state index in [4.69, 9.17) is 5.73 Å². The first-order chi connectivity index (χ1) is 9.65. The Balaban J connectivity index is 1.76. The van der Waals surface area contributed by atoms with Crippen LogP contribution in [0.4, 0.5) is 0 Å². The van der Waals surface area contributed by atoms with E-state index in [1.165, 1.54) is 21.6 Å². The van der Waals surface area contributed by atoms with E-state index in [1.54, 1.807) is 0 Å². The van der Waals surface area contributed by atoms with Gasteiger partial charge in [0, 0.05) is 16.2 Å². The van der Waals surface area contributed by atoms with Crippen molar-refractivity contribution < 1.29 is 0 Å². The molecular formula is C18H21NS. The molecule has 0 aliphatic carbocycles. The molecule has 2 aromatic rings. The van der Waals surface area contributed by atoms with Crippen molar-refractivity contribution in [2.45, 2.75) is 42.4 Å². The standard InChI is InChI=1S/C18H21NS/c1-12(2)13-7-9-14(10-8-13)18(19)17-11-15-5-3-4-6-16(15)20-17/h3-10,12,17-18H,11,19H2,1-2H3. The quantitative estimate of drug-likeness (QED) is 0.895. The van der Waals surface area contributed by atoms with Crippen LogP contribution in [0, 0.1) is 0 Å². The van der Waals surface area contributed by atoms with Crippen LogP contribution in [0.25, 0.3) is 0 Å². The first-order valence-corrected chi connectivity index (χ1v) is 8.13. The molecule has 0 amide bonds. The molecule has 0 radical (unpaired) electrons. The van der Waals surface area contributed by atoms with E-state index >= 15 is 0 Å². The SMILES string of the molecule is CC(C)c1ccc(C(N)C2Cc3ccccc3S2)cc1. The van der Waals surface area contributed by atoms with E-state index in [-0.39, 0.29) is 6.04 Å². The Morgan fingerprint density at radius 3 is 2.30 bits per heavy atom. The number of benzene rings is 2. The topological polar surface area (TPSA) is 26.0 Å². The number of thioether (sulfide) groups is 1. The van der Waals surface area contributed by atoms with Crippen LogP contribution in [-0.4, -0.2) is 5.25 Å². The lowest BCUT2D eigenvalue weighted by atomic mass is 9.96. The minimum atomic E-state index is 0.105. The molecule has 0 aromatic heterocycles. The lowest BCUT2D eigenvalue weighted by molar-refractivity contribution is 0.677. The average molecular weight is 283 g/mol. The van der Waals surface area contributed by atoms with Gasteiger partial charge in [-0.05, 0) is 35.1 Å². The van der Waals surface area contributed by atoms with Gasteiger partial charge in [-0.1, -0.05) is 56.3 Å². The zero-order valence-corrected chi connectivity index (χ0v) is 12.9. The summed E-state index contributed by atoms with van der Waals surface area (Å²) < 4.78 is 0. The van der Waals surface area contributed by atoms with E-state index in [2.05, 4.69) is 62.4 Å².